The van der Waals surface area contributed by atoms with Gasteiger partial charge in [-0.3, -0.25) is 9.69 Å². The Morgan fingerprint density at radius 2 is 1.71 bits per heavy atom. The zero-order valence-electron chi connectivity index (χ0n) is 13.9. The highest BCUT2D eigenvalue weighted by atomic mass is 16.1. The van der Waals surface area contributed by atoms with Gasteiger partial charge in [-0.25, -0.2) is 0 Å². The summed E-state index contributed by atoms with van der Waals surface area (Å²) in [4.78, 5) is 13.7. The van der Waals surface area contributed by atoms with Crippen LogP contribution < -0.4 is 11.1 Å². The largest absolute Gasteiger partial charge is 0.366 e. The molecule has 1 aliphatic rings. The second kappa shape index (κ2) is 8.08. The van der Waals surface area contributed by atoms with Gasteiger partial charge in [0, 0.05) is 24.7 Å². The number of primary amides is 1. The van der Waals surface area contributed by atoms with Crippen LogP contribution in [0.25, 0.3) is 0 Å². The van der Waals surface area contributed by atoms with Crippen molar-refractivity contribution >= 4 is 5.91 Å². The molecule has 0 radical (unpaired) electrons. The van der Waals surface area contributed by atoms with E-state index in [0.29, 0.717) is 11.6 Å². The van der Waals surface area contributed by atoms with Gasteiger partial charge in [0.2, 0.25) is 5.91 Å². The minimum atomic E-state index is -0.382. The van der Waals surface area contributed by atoms with Gasteiger partial charge in [-0.1, -0.05) is 42.5 Å². The van der Waals surface area contributed by atoms with E-state index < -0.39 is 0 Å². The molecule has 0 saturated carbocycles. The van der Waals surface area contributed by atoms with E-state index in [9.17, 15) is 4.79 Å². The molecule has 24 heavy (non-hydrogen) atoms. The predicted molar refractivity (Wildman–Crippen MR) is 96.7 cm³/mol. The standard InChI is InChI=1S/C20H25N3O/c21-20(24)18-10-8-16(9-11-18)14-22-15-19(23-12-4-5-13-23)17-6-2-1-3-7-17/h1-3,6-11,19,22H,4-5,12-15H2,(H2,21,24). The summed E-state index contributed by atoms with van der Waals surface area (Å²) in [6, 6.07) is 18.6. The van der Waals surface area contributed by atoms with E-state index in [-0.39, 0.29) is 5.91 Å². The van der Waals surface area contributed by atoms with Crippen LogP contribution in [0.1, 0.15) is 40.4 Å². The van der Waals surface area contributed by atoms with Gasteiger partial charge in [-0.2, -0.15) is 0 Å². The third-order valence-electron chi connectivity index (χ3n) is 4.67. The highest BCUT2D eigenvalue weighted by molar-refractivity contribution is 5.92. The Morgan fingerprint density at radius 1 is 1.04 bits per heavy atom. The van der Waals surface area contributed by atoms with E-state index in [1.165, 1.54) is 31.5 Å². The molecule has 1 unspecified atom stereocenters. The minimum Gasteiger partial charge on any atom is -0.366 e. The molecule has 1 atom stereocenters. The van der Waals surface area contributed by atoms with Crippen molar-refractivity contribution in [2.45, 2.75) is 25.4 Å². The van der Waals surface area contributed by atoms with Gasteiger partial charge in [0.1, 0.15) is 0 Å². The van der Waals surface area contributed by atoms with Crippen LogP contribution in [0.15, 0.2) is 54.6 Å². The van der Waals surface area contributed by atoms with Crippen LogP contribution in [0.3, 0.4) is 0 Å². The van der Waals surface area contributed by atoms with Crippen molar-refractivity contribution in [3.8, 4) is 0 Å². The zero-order valence-corrected chi connectivity index (χ0v) is 13.9. The number of nitrogens with zero attached hydrogens (tertiary/aromatic N) is 1. The molecule has 1 saturated heterocycles. The molecule has 4 nitrogen and oxygen atoms in total. The molecule has 0 spiro atoms. The van der Waals surface area contributed by atoms with Crippen LogP contribution in [-0.4, -0.2) is 30.4 Å². The second-order valence-corrected chi connectivity index (χ2v) is 6.36. The van der Waals surface area contributed by atoms with Gasteiger partial charge in [-0.15, -0.1) is 0 Å². The molecule has 3 N–H and O–H groups in total. The summed E-state index contributed by atoms with van der Waals surface area (Å²) in [6.07, 6.45) is 2.58. The number of hydrogen-bond acceptors (Lipinski definition) is 3. The summed E-state index contributed by atoms with van der Waals surface area (Å²) in [5.41, 5.74) is 8.36. The van der Waals surface area contributed by atoms with Crippen molar-refractivity contribution in [2.24, 2.45) is 5.73 Å². The fraction of sp³-hybridized carbons (Fsp3) is 0.350. The van der Waals surface area contributed by atoms with E-state index >= 15 is 0 Å². The molecule has 1 amide bonds. The lowest BCUT2D eigenvalue weighted by Crippen LogP contribution is -2.34. The topological polar surface area (TPSA) is 58.4 Å². The number of carbonyl (C=O) groups excluding carboxylic acids is 1. The van der Waals surface area contributed by atoms with Crippen molar-refractivity contribution in [2.75, 3.05) is 19.6 Å². The third kappa shape index (κ3) is 4.22. The maximum absolute atomic E-state index is 11.1. The number of likely N-dealkylation sites (tertiary alicyclic amines) is 1. The Bertz CT molecular complexity index is 648. The summed E-state index contributed by atoms with van der Waals surface area (Å²) >= 11 is 0. The number of hydrogen-bond donors (Lipinski definition) is 2. The van der Waals surface area contributed by atoms with E-state index in [1.807, 2.05) is 12.1 Å². The van der Waals surface area contributed by atoms with E-state index in [2.05, 4.69) is 40.5 Å². The van der Waals surface area contributed by atoms with Gasteiger partial charge >= 0.3 is 0 Å². The van der Waals surface area contributed by atoms with Gasteiger partial charge in [-0.05, 0) is 49.2 Å². The van der Waals surface area contributed by atoms with Crippen molar-refractivity contribution in [1.29, 1.82) is 0 Å². The summed E-state index contributed by atoms with van der Waals surface area (Å²) in [6.45, 7) is 4.06. The lowest BCUT2D eigenvalue weighted by atomic mass is 10.1. The van der Waals surface area contributed by atoms with E-state index in [0.717, 1.165) is 18.7 Å². The number of rotatable bonds is 7. The molecule has 2 aromatic carbocycles. The molecule has 126 valence electrons. The molecule has 0 aromatic heterocycles. The quantitative estimate of drug-likeness (QED) is 0.824. The van der Waals surface area contributed by atoms with Gasteiger partial charge < -0.3 is 11.1 Å². The van der Waals surface area contributed by atoms with Crippen LogP contribution >= 0.6 is 0 Å². The smallest absolute Gasteiger partial charge is 0.248 e. The van der Waals surface area contributed by atoms with Crippen molar-refractivity contribution in [1.82, 2.24) is 10.2 Å². The Labute approximate surface area is 143 Å². The molecule has 0 bridgehead atoms. The first-order valence-corrected chi connectivity index (χ1v) is 8.62. The summed E-state index contributed by atoms with van der Waals surface area (Å²) in [5, 5.41) is 3.57. The lowest BCUT2D eigenvalue weighted by molar-refractivity contribution is 0.100. The van der Waals surface area contributed by atoms with Crippen LogP contribution in [0.4, 0.5) is 0 Å². The van der Waals surface area contributed by atoms with Crippen LogP contribution in [-0.2, 0) is 6.54 Å². The summed E-state index contributed by atoms with van der Waals surface area (Å²) in [7, 11) is 0. The fourth-order valence-corrected chi connectivity index (χ4v) is 3.33. The molecule has 3 rings (SSSR count). The number of nitrogens with two attached hydrogens (primary N) is 1. The maximum atomic E-state index is 11.1. The van der Waals surface area contributed by atoms with Crippen molar-refractivity contribution in [3.05, 3.63) is 71.3 Å². The lowest BCUT2D eigenvalue weighted by Gasteiger charge is -2.28. The van der Waals surface area contributed by atoms with E-state index in [4.69, 9.17) is 5.73 Å². The zero-order chi connectivity index (χ0) is 16.8. The molecular formula is C20H25N3O. The minimum absolute atomic E-state index is 0.382. The average Bonchev–Trinajstić information content (AvgIpc) is 3.14. The van der Waals surface area contributed by atoms with Crippen molar-refractivity contribution in [3.63, 3.8) is 0 Å². The number of benzene rings is 2. The first-order chi connectivity index (χ1) is 11.7. The maximum Gasteiger partial charge on any atom is 0.248 e. The SMILES string of the molecule is NC(=O)c1ccc(CNCC(c2ccccc2)N2CCCC2)cc1. The van der Waals surface area contributed by atoms with E-state index in [1.54, 1.807) is 12.1 Å². The van der Waals surface area contributed by atoms with Crippen LogP contribution in [0.2, 0.25) is 0 Å². The summed E-state index contributed by atoms with van der Waals surface area (Å²) < 4.78 is 0. The molecule has 1 aliphatic heterocycles. The molecule has 2 aromatic rings. The molecular weight excluding hydrogens is 298 g/mol. The van der Waals surface area contributed by atoms with Gasteiger partial charge in [0.15, 0.2) is 0 Å². The highest BCUT2D eigenvalue weighted by Crippen LogP contribution is 2.24. The second-order valence-electron chi connectivity index (χ2n) is 6.36. The first kappa shape index (κ1) is 16.7. The monoisotopic (exact) mass is 323 g/mol. The van der Waals surface area contributed by atoms with Gasteiger partial charge in [0.25, 0.3) is 0 Å². The Hall–Kier alpha value is -2.17. The van der Waals surface area contributed by atoms with Gasteiger partial charge in [0.05, 0.1) is 0 Å². The number of nitrogens with one attached hydrogen (secondary N) is 1. The molecule has 0 aliphatic carbocycles. The fourth-order valence-electron chi connectivity index (χ4n) is 3.33. The Balaban J connectivity index is 1.60. The molecule has 4 heteroatoms. The van der Waals surface area contributed by atoms with Crippen LogP contribution in [0.5, 0.6) is 0 Å². The molecule has 1 heterocycles. The third-order valence-corrected chi connectivity index (χ3v) is 4.67. The molecule has 1 fully saturated rings. The Morgan fingerprint density at radius 3 is 2.33 bits per heavy atom. The summed E-state index contributed by atoms with van der Waals surface area (Å²) in [5.74, 6) is -0.382. The first-order valence-electron chi connectivity index (χ1n) is 8.62. The number of amides is 1. The van der Waals surface area contributed by atoms with Crippen LogP contribution in [0, 0.1) is 0 Å². The number of carbonyl (C=O) groups is 1. The highest BCUT2D eigenvalue weighted by Gasteiger charge is 2.22. The normalized spacial score (nSPS) is 16.2. The average molecular weight is 323 g/mol. The Kier molecular flexibility index (Phi) is 5.62. The van der Waals surface area contributed by atoms with Crippen molar-refractivity contribution < 1.29 is 4.79 Å². The predicted octanol–water partition coefficient (Wildman–Crippen LogP) is 2.71.